The summed E-state index contributed by atoms with van der Waals surface area (Å²) in [6.07, 6.45) is 0.868. The molecule has 0 unspecified atom stereocenters. The molecule has 2 aliphatic rings. The standard InChI is InChI=1S/C14H19N5O5/c1-3-21-14(2)23-9-7(4-20)22-13(10(9)24-14)19-6-18-8-11(15)16-5-17-12(8)19/h5-7,9-10,13,20H,3-4H2,1-2H3,(H2,15,16,17)/t7-,9-,10+,13-,14-/m0/s1. The molecule has 0 bridgehead atoms. The second kappa shape index (κ2) is 5.60. The van der Waals surface area contributed by atoms with Gasteiger partial charge in [-0.3, -0.25) is 4.57 Å². The number of nitrogens with two attached hydrogens (primary N) is 1. The SMILES string of the molecule is CCO[C@@]1(C)O[C@@H]2[C@@H](O1)[C@@H](n1cnc3c(N)ncnc31)O[C@H]2CO. The number of aliphatic hydroxyl groups excluding tert-OH is 1. The van der Waals surface area contributed by atoms with Crippen LogP contribution in [-0.2, 0) is 18.9 Å². The van der Waals surface area contributed by atoms with E-state index in [2.05, 4.69) is 15.0 Å². The zero-order valence-electron chi connectivity index (χ0n) is 13.3. The van der Waals surface area contributed by atoms with Crippen molar-refractivity contribution in [3.63, 3.8) is 0 Å². The minimum absolute atomic E-state index is 0.201. The van der Waals surface area contributed by atoms with Crippen molar-refractivity contribution in [3.05, 3.63) is 12.7 Å². The van der Waals surface area contributed by atoms with Crippen LogP contribution >= 0.6 is 0 Å². The summed E-state index contributed by atoms with van der Waals surface area (Å²) < 4.78 is 25.0. The largest absolute Gasteiger partial charge is 0.394 e. The summed E-state index contributed by atoms with van der Waals surface area (Å²) in [5.41, 5.74) is 6.84. The minimum Gasteiger partial charge on any atom is -0.394 e. The average molecular weight is 337 g/mol. The Balaban J connectivity index is 1.71. The van der Waals surface area contributed by atoms with Gasteiger partial charge in [-0.15, -0.1) is 0 Å². The summed E-state index contributed by atoms with van der Waals surface area (Å²) in [7, 11) is 0. The van der Waals surface area contributed by atoms with Gasteiger partial charge in [0.2, 0.25) is 0 Å². The Morgan fingerprint density at radius 2 is 2.12 bits per heavy atom. The molecule has 2 saturated heterocycles. The van der Waals surface area contributed by atoms with Crippen molar-refractivity contribution in [1.82, 2.24) is 19.5 Å². The molecule has 4 heterocycles. The maximum absolute atomic E-state index is 9.61. The monoisotopic (exact) mass is 337 g/mol. The van der Waals surface area contributed by atoms with Crippen molar-refractivity contribution in [3.8, 4) is 0 Å². The Labute approximate surface area is 137 Å². The van der Waals surface area contributed by atoms with Gasteiger partial charge in [-0.05, 0) is 6.92 Å². The quantitative estimate of drug-likeness (QED) is 0.779. The molecule has 2 aliphatic heterocycles. The van der Waals surface area contributed by atoms with Gasteiger partial charge in [0.25, 0.3) is 5.97 Å². The third-order valence-corrected chi connectivity index (χ3v) is 4.23. The number of aliphatic hydroxyl groups is 1. The molecule has 10 nitrogen and oxygen atoms in total. The first-order chi connectivity index (χ1) is 11.6. The Bertz CT molecular complexity index is 754. The van der Waals surface area contributed by atoms with Crippen LogP contribution in [0, 0.1) is 0 Å². The van der Waals surface area contributed by atoms with Crippen LogP contribution in [0.5, 0.6) is 0 Å². The van der Waals surface area contributed by atoms with Crippen LogP contribution in [0.4, 0.5) is 5.82 Å². The van der Waals surface area contributed by atoms with E-state index in [1.54, 1.807) is 17.8 Å². The smallest absolute Gasteiger partial charge is 0.280 e. The van der Waals surface area contributed by atoms with Crippen molar-refractivity contribution >= 4 is 17.0 Å². The van der Waals surface area contributed by atoms with Gasteiger partial charge < -0.3 is 29.8 Å². The maximum atomic E-state index is 9.61. The Hall–Kier alpha value is -1.85. The lowest BCUT2D eigenvalue weighted by atomic mass is 10.1. The number of fused-ring (bicyclic) bond motifs is 2. The van der Waals surface area contributed by atoms with E-state index < -0.39 is 30.5 Å². The molecule has 0 aromatic carbocycles. The molecule has 0 saturated carbocycles. The molecule has 0 aliphatic carbocycles. The minimum atomic E-state index is -1.18. The predicted molar refractivity (Wildman–Crippen MR) is 80.5 cm³/mol. The van der Waals surface area contributed by atoms with Crippen LogP contribution in [0.15, 0.2) is 12.7 Å². The number of nitrogens with zero attached hydrogens (tertiary/aromatic N) is 4. The van der Waals surface area contributed by atoms with E-state index >= 15 is 0 Å². The van der Waals surface area contributed by atoms with Crippen LogP contribution in [-0.4, -0.2) is 62.1 Å². The van der Waals surface area contributed by atoms with E-state index in [1.807, 2.05) is 6.92 Å². The molecule has 3 N–H and O–H groups in total. The zero-order valence-corrected chi connectivity index (χ0v) is 13.3. The molecule has 0 spiro atoms. The second-order valence-electron chi connectivity index (χ2n) is 5.79. The van der Waals surface area contributed by atoms with E-state index in [4.69, 9.17) is 24.7 Å². The highest BCUT2D eigenvalue weighted by Crippen LogP contribution is 2.44. The number of hydrogen-bond donors (Lipinski definition) is 2. The Kier molecular flexibility index (Phi) is 3.66. The highest BCUT2D eigenvalue weighted by molar-refractivity contribution is 5.81. The van der Waals surface area contributed by atoms with E-state index in [0.29, 0.717) is 17.8 Å². The first-order valence-electron chi connectivity index (χ1n) is 7.75. The fourth-order valence-corrected chi connectivity index (χ4v) is 3.26. The first kappa shape index (κ1) is 15.7. The lowest BCUT2D eigenvalue weighted by Gasteiger charge is -2.26. The molecule has 0 radical (unpaired) electrons. The van der Waals surface area contributed by atoms with Gasteiger partial charge in [-0.2, -0.15) is 0 Å². The number of rotatable bonds is 4. The van der Waals surface area contributed by atoms with Crippen molar-refractivity contribution in [2.75, 3.05) is 18.9 Å². The van der Waals surface area contributed by atoms with Crippen LogP contribution in [0.2, 0.25) is 0 Å². The summed E-state index contributed by atoms with van der Waals surface area (Å²) in [5, 5.41) is 9.61. The van der Waals surface area contributed by atoms with Gasteiger partial charge >= 0.3 is 0 Å². The molecule has 10 heteroatoms. The summed E-state index contributed by atoms with van der Waals surface area (Å²) in [5.74, 6) is -0.890. The topological polar surface area (TPSA) is 127 Å². The van der Waals surface area contributed by atoms with Crippen molar-refractivity contribution in [2.24, 2.45) is 0 Å². The molecule has 5 atom stereocenters. The number of anilines is 1. The summed E-state index contributed by atoms with van der Waals surface area (Å²) >= 11 is 0. The van der Waals surface area contributed by atoms with Crippen LogP contribution in [0.25, 0.3) is 11.2 Å². The number of aromatic nitrogens is 4. The molecule has 0 amide bonds. The number of nitrogen functional groups attached to an aromatic ring is 1. The second-order valence-corrected chi connectivity index (χ2v) is 5.79. The highest BCUT2D eigenvalue weighted by Gasteiger charge is 2.58. The van der Waals surface area contributed by atoms with E-state index in [9.17, 15) is 5.11 Å². The fourth-order valence-electron chi connectivity index (χ4n) is 3.26. The normalized spacial score (nSPS) is 35.6. The van der Waals surface area contributed by atoms with Gasteiger partial charge in [0, 0.05) is 13.5 Å². The summed E-state index contributed by atoms with van der Waals surface area (Å²) in [4.78, 5) is 12.4. The third kappa shape index (κ3) is 2.26. The van der Waals surface area contributed by atoms with Crippen molar-refractivity contribution in [1.29, 1.82) is 0 Å². The first-order valence-corrected chi connectivity index (χ1v) is 7.75. The lowest BCUT2D eigenvalue weighted by Crippen LogP contribution is -2.35. The summed E-state index contributed by atoms with van der Waals surface area (Å²) in [6.45, 7) is 3.79. The molecule has 2 fully saturated rings. The van der Waals surface area contributed by atoms with Gasteiger partial charge in [0.15, 0.2) is 17.7 Å². The van der Waals surface area contributed by atoms with Gasteiger partial charge in [0.05, 0.1) is 12.9 Å². The number of hydrogen-bond acceptors (Lipinski definition) is 9. The van der Waals surface area contributed by atoms with Crippen LogP contribution in [0.1, 0.15) is 20.1 Å². The third-order valence-electron chi connectivity index (χ3n) is 4.23. The van der Waals surface area contributed by atoms with E-state index in [-0.39, 0.29) is 12.4 Å². The van der Waals surface area contributed by atoms with Gasteiger partial charge in [-0.1, -0.05) is 0 Å². The molecule has 24 heavy (non-hydrogen) atoms. The highest BCUT2D eigenvalue weighted by atomic mass is 16.9. The average Bonchev–Trinajstić information content (AvgIpc) is 3.19. The molecule has 2 aromatic heterocycles. The molecule has 4 rings (SSSR count). The van der Waals surface area contributed by atoms with E-state index in [1.165, 1.54) is 6.33 Å². The van der Waals surface area contributed by atoms with Crippen LogP contribution in [0.3, 0.4) is 0 Å². The molecular formula is C14H19N5O5. The summed E-state index contributed by atoms with van der Waals surface area (Å²) in [6, 6.07) is 0. The lowest BCUT2D eigenvalue weighted by molar-refractivity contribution is -0.344. The number of ether oxygens (including phenoxy) is 4. The van der Waals surface area contributed by atoms with Crippen LogP contribution < -0.4 is 5.73 Å². The number of imidazole rings is 1. The Morgan fingerprint density at radius 3 is 2.88 bits per heavy atom. The van der Waals surface area contributed by atoms with Gasteiger partial charge in [0.1, 0.15) is 30.2 Å². The Morgan fingerprint density at radius 1 is 1.33 bits per heavy atom. The zero-order chi connectivity index (χ0) is 16.9. The van der Waals surface area contributed by atoms with Gasteiger partial charge in [-0.25, -0.2) is 15.0 Å². The maximum Gasteiger partial charge on any atom is 0.280 e. The van der Waals surface area contributed by atoms with E-state index in [0.717, 1.165) is 0 Å². The molecular weight excluding hydrogens is 318 g/mol. The van der Waals surface area contributed by atoms with Crippen molar-refractivity contribution in [2.45, 2.75) is 44.4 Å². The predicted octanol–water partition coefficient (Wildman–Crippen LogP) is -0.208. The molecule has 130 valence electrons. The van der Waals surface area contributed by atoms with Crippen molar-refractivity contribution < 1.29 is 24.1 Å². The molecule has 2 aromatic rings. The fraction of sp³-hybridized carbons (Fsp3) is 0.643.